The number of carbonyl (C=O) groups is 1. The van der Waals surface area contributed by atoms with Crippen molar-refractivity contribution in [3.05, 3.63) is 47.8 Å². The number of nitrogens with two attached hydrogens (primary N) is 1. The number of amides is 1. The van der Waals surface area contributed by atoms with Crippen molar-refractivity contribution in [2.24, 2.45) is 17.9 Å². The van der Waals surface area contributed by atoms with E-state index in [9.17, 15) is 4.79 Å². The van der Waals surface area contributed by atoms with Crippen molar-refractivity contribution >= 4 is 17.4 Å². The first kappa shape index (κ1) is 12.6. The third-order valence-corrected chi connectivity index (χ3v) is 2.53. The van der Waals surface area contributed by atoms with Gasteiger partial charge in [-0.1, -0.05) is 17.3 Å². The quantitative estimate of drug-likeness (QED) is 0.327. The molecule has 1 heterocycles. The molecule has 0 bridgehead atoms. The van der Waals surface area contributed by atoms with Crippen LogP contribution >= 0.6 is 0 Å². The molecule has 0 atom stereocenters. The second-order valence-electron chi connectivity index (χ2n) is 3.89. The van der Waals surface area contributed by atoms with Gasteiger partial charge in [0.1, 0.15) is 0 Å². The molecule has 0 aliphatic carbocycles. The molecule has 98 valence electrons. The molecule has 1 amide bonds. The Morgan fingerprint density at radius 1 is 1.47 bits per heavy atom. The molecular weight excluding hydrogens is 246 g/mol. The molecular formula is C12H13N5O2. The molecule has 0 unspecified atom stereocenters. The normalized spacial score (nSPS) is 11.3. The maximum atomic E-state index is 12.0. The van der Waals surface area contributed by atoms with Gasteiger partial charge in [0, 0.05) is 18.8 Å². The molecule has 2 rings (SSSR count). The van der Waals surface area contributed by atoms with Gasteiger partial charge in [0.25, 0.3) is 5.91 Å². The average Bonchev–Trinajstić information content (AvgIpc) is 2.85. The number of anilines is 1. The second-order valence-corrected chi connectivity index (χ2v) is 3.89. The van der Waals surface area contributed by atoms with E-state index in [0.717, 1.165) is 0 Å². The first-order valence-corrected chi connectivity index (χ1v) is 5.48. The fourth-order valence-electron chi connectivity index (χ4n) is 1.60. The van der Waals surface area contributed by atoms with E-state index in [4.69, 9.17) is 10.9 Å². The topological polar surface area (TPSA) is 106 Å². The van der Waals surface area contributed by atoms with E-state index in [1.165, 1.54) is 10.9 Å². The molecule has 0 saturated heterocycles. The maximum absolute atomic E-state index is 12.0. The monoisotopic (exact) mass is 259 g/mol. The number of benzene rings is 1. The number of carbonyl (C=O) groups excluding carboxylic acids is 1. The van der Waals surface area contributed by atoms with Crippen LogP contribution in [0.1, 0.15) is 15.9 Å². The molecule has 1 aromatic carbocycles. The minimum Gasteiger partial charge on any atom is -0.409 e. The Morgan fingerprint density at radius 3 is 2.84 bits per heavy atom. The van der Waals surface area contributed by atoms with Crippen molar-refractivity contribution in [1.82, 2.24) is 9.78 Å². The summed E-state index contributed by atoms with van der Waals surface area (Å²) in [7, 11) is 1.72. The molecule has 0 aliphatic rings. The molecule has 19 heavy (non-hydrogen) atoms. The lowest BCUT2D eigenvalue weighted by molar-refractivity contribution is 0.102. The largest absolute Gasteiger partial charge is 0.409 e. The van der Waals surface area contributed by atoms with Gasteiger partial charge in [0.05, 0.1) is 17.4 Å². The molecule has 0 fully saturated rings. The first-order chi connectivity index (χ1) is 9.11. The van der Waals surface area contributed by atoms with Crippen LogP contribution in [0.3, 0.4) is 0 Å². The third-order valence-electron chi connectivity index (χ3n) is 2.53. The van der Waals surface area contributed by atoms with E-state index in [1.807, 2.05) is 0 Å². The van der Waals surface area contributed by atoms with Crippen LogP contribution in [-0.2, 0) is 7.05 Å². The highest BCUT2D eigenvalue weighted by atomic mass is 16.4. The smallest absolute Gasteiger partial charge is 0.258 e. The van der Waals surface area contributed by atoms with Gasteiger partial charge >= 0.3 is 0 Å². The van der Waals surface area contributed by atoms with E-state index in [0.29, 0.717) is 16.8 Å². The van der Waals surface area contributed by atoms with Gasteiger partial charge in [-0.25, -0.2) is 0 Å². The Hall–Kier alpha value is -2.83. The number of hydrogen-bond donors (Lipinski definition) is 3. The summed E-state index contributed by atoms with van der Waals surface area (Å²) in [5, 5.41) is 18.2. The third kappa shape index (κ3) is 2.71. The number of nitrogens with zero attached hydrogens (tertiary/aromatic N) is 3. The fourth-order valence-corrected chi connectivity index (χ4v) is 1.60. The van der Waals surface area contributed by atoms with Gasteiger partial charge < -0.3 is 16.3 Å². The molecule has 0 spiro atoms. The second kappa shape index (κ2) is 5.21. The van der Waals surface area contributed by atoms with Crippen molar-refractivity contribution in [2.75, 3.05) is 5.32 Å². The number of para-hydroxylation sites is 1. The van der Waals surface area contributed by atoms with Crippen molar-refractivity contribution in [1.29, 1.82) is 0 Å². The van der Waals surface area contributed by atoms with Gasteiger partial charge in [-0.2, -0.15) is 5.10 Å². The fraction of sp³-hybridized carbons (Fsp3) is 0.0833. The van der Waals surface area contributed by atoms with Crippen molar-refractivity contribution < 1.29 is 10.0 Å². The number of hydrogen-bond acceptors (Lipinski definition) is 4. The lowest BCUT2D eigenvalue weighted by Crippen LogP contribution is -2.18. The van der Waals surface area contributed by atoms with Gasteiger partial charge in [0.15, 0.2) is 5.84 Å². The number of aryl methyl sites for hydroxylation is 1. The molecule has 0 aliphatic heterocycles. The van der Waals surface area contributed by atoms with Crippen LogP contribution in [0.15, 0.2) is 41.8 Å². The molecule has 7 nitrogen and oxygen atoms in total. The summed E-state index contributed by atoms with van der Waals surface area (Å²) >= 11 is 0. The Balaban J connectivity index is 2.27. The van der Waals surface area contributed by atoms with Crippen LogP contribution in [0, 0.1) is 0 Å². The number of oxime groups is 1. The van der Waals surface area contributed by atoms with Gasteiger partial charge in [0.2, 0.25) is 0 Å². The molecule has 2 aromatic rings. The lowest BCUT2D eigenvalue weighted by atomic mass is 10.1. The Labute approximate surface area is 109 Å². The zero-order valence-electron chi connectivity index (χ0n) is 10.2. The highest BCUT2D eigenvalue weighted by molar-refractivity contribution is 6.09. The number of aromatic nitrogens is 2. The Morgan fingerprint density at radius 2 is 2.21 bits per heavy atom. The summed E-state index contributed by atoms with van der Waals surface area (Å²) in [6, 6.07) is 6.79. The van der Waals surface area contributed by atoms with Crippen LogP contribution in [0.4, 0.5) is 5.69 Å². The van der Waals surface area contributed by atoms with Crippen molar-refractivity contribution in [3.63, 3.8) is 0 Å². The minimum atomic E-state index is -0.314. The summed E-state index contributed by atoms with van der Waals surface area (Å²) < 4.78 is 1.53. The van der Waals surface area contributed by atoms with Crippen LogP contribution in [0.2, 0.25) is 0 Å². The van der Waals surface area contributed by atoms with Gasteiger partial charge in [-0.15, -0.1) is 0 Å². The number of nitrogens with one attached hydrogen (secondary N) is 1. The van der Waals surface area contributed by atoms with Crippen molar-refractivity contribution in [2.45, 2.75) is 0 Å². The summed E-state index contributed by atoms with van der Waals surface area (Å²) in [6.07, 6.45) is 3.06. The van der Waals surface area contributed by atoms with Crippen LogP contribution in [0.25, 0.3) is 0 Å². The predicted molar refractivity (Wildman–Crippen MR) is 70.1 cm³/mol. The molecule has 4 N–H and O–H groups in total. The number of amidine groups is 1. The summed E-state index contributed by atoms with van der Waals surface area (Å²) in [5.41, 5.74) is 6.88. The highest BCUT2D eigenvalue weighted by Crippen LogP contribution is 2.15. The van der Waals surface area contributed by atoms with Gasteiger partial charge in [-0.3, -0.25) is 9.48 Å². The Bertz CT molecular complexity index is 633. The molecule has 0 saturated carbocycles. The van der Waals surface area contributed by atoms with E-state index < -0.39 is 0 Å². The SMILES string of the molecule is Cn1cc(C(=O)Nc2ccccc2/C(N)=N/O)cn1. The molecule has 7 heteroatoms. The standard InChI is InChI=1S/C12H13N5O2/c1-17-7-8(6-14-17)12(18)15-10-5-3-2-4-9(10)11(13)16-19/h2-7,19H,1H3,(H2,13,16)(H,15,18). The zero-order chi connectivity index (χ0) is 13.8. The maximum Gasteiger partial charge on any atom is 0.258 e. The summed E-state index contributed by atoms with van der Waals surface area (Å²) in [5.74, 6) is -0.381. The van der Waals surface area contributed by atoms with Crippen molar-refractivity contribution in [3.8, 4) is 0 Å². The minimum absolute atomic E-state index is 0.0675. The number of rotatable bonds is 3. The van der Waals surface area contributed by atoms with Gasteiger partial charge in [-0.05, 0) is 12.1 Å². The first-order valence-electron chi connectivity index (χ1n) is 5.48. The van der Waals surface area contributed by atoms with Crippen LogP contribution < -0.4 is 11.1 Å². The average molecular weight is 259 g/mol. The molecule has 1 aromatic heterocycles. The predicted octanol–water partition coefficient (Wildman–Crippen LogP) is 0.767. The van der Waals surface area contributed by atoms with E-state index in [1.54, 1.807) is 37.5 Å². The van der Waals surface area contributed by atoms with Crippen LogP contribution in [-0.4, -0.2) is 26.7 Å². The van der Waals surface area contributed by atoms with E-state index in [2.05, 4.69) is 15.6 Å². The van der Waals surface area contributed by atoms with E-state index >= 15 is 0 Å². The van der Waals surface area contributed by atoms with Crippen LogP contribution in [0.5, 0.6) is 0 Å². The lowest BCUT2D eigenvalue weighted by Gasteiger charge is -2.08. The van der Waals surface area contributed by atoms with E-state index in [-0.39, 0.29) is 11.7 Å². The molecule has 0 radical (unpaired) electrons. The zero-order valence-corrected chi connectivity index (χ0v) is 10.2. The summed E-state index contributed by atoms with van der Waals surface area (Å²) in [6.45, 7) is 0. The highest BCUT2D eigenvalue weighted by Gasteiger charge is 2.12. The summed E-state index contributed by atoms with van der Waals surface area (Å²) in [4.78, 5) is 12.0. The Kier molecular flexibility index (Phi) is 3.46.